The van der Waals surface area contributed by atoms with Crippen molar-refractivity contribution in [2.45, 2.75) is 24.9 Å². The zero-order chi connectivity index (χ0) is 16.3. The number of aryl methyl sites for hydroxylation is 1. The summed E-state index contributed by atoms with van der Waals surface area (Å²) < 4.78 is 32.8. The molecule has 1 saturated heterocycles. The quantitative estimate of drug-likeness (QED) is 0.661. The largest absolute Gasteiger partial charge is 0.380 e. The Hall–Kier alpha value is -1.71. The van der Waals surface area contributed by atoms with Crippen LogP contribution in [0.4, 0.5) is 8.78 Å². The molecule has 120 valence electrons. The normalized spacial score (nSPS) is 21.7. The Labute approximate surface area is 139 Å². The van der Waals surface area contributed by atoms with Crippen LogP contribution in [0.1, 0.15) is 23.5 Å². The number of benzene rings is 2. The molecule has 2 aromatic carbocycles. The van der Waals surface area contributed by atoms with Crippen LogP contribution in [0.2, 0.25) is 5.02 Å². The van der Waals surface area contributed by atoms with E-state index in [0.717, 1.165) is 17.5 Å². The first-order chi connectivity index (χ1) is 11.1. The number of rotatable bonds is 4. The van der Waals surface area contributed by atoms with Gasteiger partial charge in [0.25, 0.3) is 0 Å². The summed E-state index contributed by atoms with van der Waals surface area (Å²) in [5.41, 5.74) is 1.99. The predicted molar refractivity (Wildman–Crippen MR) is 87.9 cm³/mol. The van der Waals surface area contributed by atoms with Gasteiger partial charge in [0.1, 0.15) is 0 Å². The van der Waals surface area contributed by atoms with Crippen LogP contribution in [0.15, 0.2) is 66.2 Å². The fourth-order valence-electron chi connectivity index (χ4n) is 2.83. The molecule has 1 heterocycles. The minimum absolute atomic E-state index is 0.00813. The van der Waals surface area contributed by atoms with Gasteiger partial charge in [-0.05, 0) is 36.1 Å². The third-order valence-corrected chi connectivity index (χ3v) is 4.31. The monoisotopic (exact) mass is 334 g/mol. The van der Waals surface area contributed by atoms with Crippen LogP contribution < -0.4 is 0 Å². The van der Waals surface area contributed by atoms with E-state index < -0.39 is 12.0 Å². The minimum atomic E-state index is -3.19. The molecular formula is C19H17ClF2O. The zero-order valence-electron chi connectivity index (χ0n) is 12.5. The molecule has 1 atom stereocenters. The molecule has 0 aliphatic carbocycles. The van der Waals surface area contributed by atoms with Gasteiger partial charge < -0.3 is 4.74 Å². The molecule has 0 N–H and O–H groups in total. The lowest BCUT2D eigenvalue weighted by molar-refractivity contribution is -0.182. The van der Waals surface area contributed by atoms with E-state index in [1.807, 2.05) is 30.3 Å². The van der Waals surface area contributed by atoms with E-state index >= 15 is 0 Å². The second-order valence-corrected chi connectivity index (χ2v) is 6.05. The number of alkyl halides is 2. The highest BCUT2D eigenvalue weighted by atomic mass is 35.5. The van der Waals surface area contributed by atoms with Gasteiger partial charge in [0, 0.05) is 16.5 Å². The molecular weight excluding hydrogens is 318 g/mol. The topological polar surface area (TPSA) is 9.23 Å². The van der Waals surface area contributed by atoms with Crippen LogP contribution in [-0.2, 0) is 11.2 Å². The van der Waals surface area contributed by atoms with E-state index in [9.17, 15) is 8.78 Å². The highest BCUT2D eigenvalue weighted by molar-refractivity contribution is 6.30. The molecule has 0 saturated carbocycles. The van der Waals surface area contributed by atoms with E-state index in [1.165, 1.54) is 0 Å². The summed E-state index contributed by atoms with van der Waals surface area (Å²) in [6.07, 6.45) is -0.281. The molecule has 1 aliphatic heterocycles. The Morgan fingerprint density at radius 1 is 1.09 bits per heavy atom. The van der Waals surface area contributed by atoms with Crippen molar-refractivity contribution in [1.82, 2.24) is 0 Å². The zero-order valence-corrected chi connectivity index (χ0v) is 13.3. The van der Waals surface area contributed by atoms with Gasteiger partial charge in [0.15, 0.2) is 0 Å². The van der Waals surface area contributed by atoms with Crippen molar-refractivity contribution >= 4 is 11.6 Å². The lowest BCUT2D eigenvalue weighted by Gasteiger charge is -2.14. The number of allylic oxidation sites excluding steroid dienone is 1. The summed E-state index contributed by atoms with van der Waals surface area (Å²) in [5, 5.41) is 0.592. The SMILES string of the molecule is FC1(F)OCC(c2ccc(Cl)cc2)/C1=C\CCc1ccccc1. The first kappa shape index (κ1) is 16.2. The third kappa shape index (κ3) is 3.80. The van der Waals surface area contributed by atoms with Crippen LogP contribution in [0.3, 0.4) is 0 Å². The number of hydrogen-bond donors (Lipinski definition) is 0. The summed E-state index contributed by atoms with van der Waals surface area (Å²) in [6.45, 7) is -0.00813. The Bertz CT molecular complexity index is 680. The molecule has 0 aromatic heterocycles. The molecule has 1 unspecified atom stereocenters. The summed E-state index contributed by atoms with van der Waals surface area (Å²) in [4.78, 5) is 0. The van der Waals surface area contributed by atoms with Crippen molar-refractivity contribution < 1.29 is 13.5 Å². The van der Waals surface area contributed by atoms with Crippen molar-refractivity contribution in [3.63, 3.8) is 0 Å². The van der Waals surface area contributed by atoms with Crippen molar-refractivity contribution in [3.05, 3.63) is 82.4 Å². The summed E-state index contributed by atoms with van der Waals surface area (Å²) in [6, 6.07) is 16.8. The van der Waals surface area contributed by atoms with Crippen LogP contribution in [0.25, 0.3) is 0 Å². The molecule has 1 fully saturated rings. The van der Waals surface area contributed by atoms with Crippen molar-refractivity contribution in [3.8, 4) is 0 Å². The molecule has 1 aliphatic rings. The maximum Gasteiger partial charge on any atom is 0.380 e. The molecule has 0 amide bonds. The standard InChI is InChI=1S/C19H17ClF2O/c20-16-11-9-15(10-12-16)17-13-23-19(21,22)18(17)8-4-7-14-5-2-1-3-6-14/h1-3,5-6,8-12,17H,4,7,13H2/b18-8+. The van der Waals surface area contributed by atoms with Gasteiger partial charge in [-0.3, -0.25) is 0 Å². The Morgan fingerprint density at radius 2 is 1.78 bits per heavy atom. The lowest BCUT2D eigenvalue weighted by Crippen LogP contribution is -2.16. The second-order valence-electron chi connectivity index (χ2n) is 5.62. The van der Waals surface area contributed by atoms with Gasteiger partial charge in [0.2, 0.25) is 0 Å². The average molecular weight is 335 g/mol. The van der Waals surface area contributed by atoms with E-state index in [1.54, 1.807) is 30.3 Å². The minimum Gasteiger partial charge on any atom is -0.316 e. The van der Waals surface area contributed by atoms with Crippen LogP contribution >= 0.6 is 11.6 Å². The van der Waals surface area contributed by atoms with E-state index in [4.69, 9.17) is 16.3 Å². The fraction of sp³-hybridized carbons (Fsp3) is 0.263. The summed E-state index contributed by atoms with van der Waals surface area (Å²) >= 11 is 5.87. The second kappa shape index (κ2) is 6.81. The van der Waals surface area contributed by atoms with Crippen molar-refractivity contribution in [1.29, 1.82) is 0 Å². The van der Waals surface area contributed by atoms with Crippen molar-refractivity contribution in [2.75, 3.05) is 6.61 Å². The molecule has 4 heteroatoms. The van der Waals surface area contributed by atoms with Gasteiger partial charge >= 0.3 is 6.11 Å². The van der Waals surface area contributed by atoms with Crippen LogP contribution in [0, 0.1) is 0 Å². The third-order valence-electron chi connectivity index (χ3n) is 4.06. The van der Waals surface area contributed by atoms with Gasteiger partial charge in [-0.15, -0.1) is 0 Å². The molecule has 0 spiro atoms. The first-order valence-corrected chi connectivity index (χ1v) is 7.96. The molecule has 23 heavy (non-hydrogen) atoms. The highest BCUT2D eigenvalue weighted by Gasteiger charge is 2.46. The number of hydrogen-bond acceptors (Lipinski definition) is 1. The summed E-state index contributed by atoms with van der Waals surface area (Å²) in [7, 11) is 0. The highest BCUT2D eigenvalue weighted by Crippen LogP contribution is 2.44. The molecule has 0 bridgehead atoms. The van der Waals surface area contributed by atoms with Crippen LogP contribution in [-0.4, -0.2) is 12.7 Å². The van der Waals surface area contributed by atoms with Gasteiger partial charge in [-0.2, -0.15) is 8.78 Å². The van der Waals surface area contributed by atoms with E-state index in [0.29, 0.717) is 11.4 Å². The smallest absolute Gasteiger partial charge is 0.316 e. The fourth-order valence-corrected chi connectivity index (χ4v) is 2.96. The maximum absolute atomic E-state index is 14.0. The van der Waals surface area contributed by atoms with E-state index in [2.05, 4.69) is 0 Å². The summed E-state index contributed by atoms with van der Waals surface area (Å²) in [5.74, 6) is -0.418. The van der Waals surface area contributed by atoms with Gasteiger partial charge in [-0.25, -0.2) is 0 Å². The van der Waals surface area contributed by atoms with E-state index in [-0.39, 0.29) is 12.2 Å². The van der Waals surface area contributed by atoms with Gasteiger partial charge in [-0.1, -0.05) is 60.1 Å². The first-order valence-electron chi connectivity index (χ1n) is 7.58. The Balaban J connectivity index is 1.78. The Morgan fingerprint density at radius 3 is 2.48 bits per heavy atom. The Kier molecular flexibility index (Phi) is 4.79. The number of halogens is 3. The predicted octanol–water partition coefficient (Wildman–Crippen LogP) is 5.61. The maximum atomic E-state index is 14.0. The molecule has 1 nitrogen and oxygen atoms in total. The molecule has 2 aromatic rings. The van der Waals surface area contributed by atoms with Gasteiger partial charge in [0.05, 0.1) is 6.61 Å². The van der Waals surface area contributed by atoms with Crippen molar-refractivity contribution in [2.24, 2.45) is 0 Å². The van der Waals surface area contributed by atoms with Crippen LogP contribution in [0.5, 0.6) is 0 Å². The average Bonchev–Trinajstić information content (AvgIpc) is 2.85. The lowest BCUT2D eigenvalue weighted by atomic mass is 9.92. The molecule has 0 radical (unpaired) electrons. The number of ether oxygens (including phenoxy) is 1. The molecule has 3 rings (SSSR count).